The van der Waals surface area contributed by atoms with E-state index >= 15 is 0 Å². The predicted molar refractivity (Wildman–Crippen MR) is 123 cm³/mol. The van der Waals surface area contributed by atoms with Gasteiger partial charge in [0.05, 0.1) is 11.4 Å². The molecule has 0 saturated heterocycles. The second-order valence-corrected chi connectivity index (χ2v) is 8.12. The van der Waals surface area contributed by atoms with Crippen LogP contribution in [0.5, 0.6) is 0 Å². The second kappa shape index (κ2) is 6.36. The first-order chi connectivity index (χ1) is 14.3. The number of aromatic nitrogens is 2. The van der Waals surface area contributed by atoms with Crippen LogP contribution in [0.2, 0.25) is 0 Å². The molecule has 0 spiro atoms. The van der Waals surface area contributed by atoms with Gasteiger partial charge in [0.15, 0.2) is 5.82 Å². The van der Waals surface area contributed by atoms with Gasteiger partial charge in [-0.15, -0.1) is 0 Å². The highest BCUT2D eigenvalue weighted by atomic mass is 79.9. The summed E-state index contributed by atoms with van der Waals surface area (Å²) in [6, 6.07) is 31.5. The van der Waals surface area contributed by atoms with Crippen molar-refractivity contribution in [3.8, 4) is 45.0 Å². The number of nitrogens with zero attached hydrogens (tertiary/aromatic N) is 2. The molecular weight excluding hydrogens is 420 g/mol. The summed E-state index contributed by atoms with van der Waals surface area (Å²) in [5, 5.41) is 2.50. The standard InChI is InChI=1S/C26H15BrN2/c27-19-12-4-11-18(15-19)26-28-24(17-7-2-1-3-8-17)23-20-13-5-9-16-10-6-14-21(22(16)20)25(23)29-26/h1-15H. The van der Waals surface area contributed by atoms with Crippen LogP contribution < -0.4 is 0 Å². The van der Waals surface area contributed by atoms with Crippen molar-refractivity contribution in [3.05, 3.63) is 95.5 Å². The highest BCUT2D eigenvalue weighted by Gasteiger charge is 2.27. The molecule has 6 rings (SSSR count). The molecule has 0 N–H and O–H groups in total. The van der Waals surface area contributed by atoms with E-state index in [4.69, 9.17) is 9.97 Å². The molecule has 1 aliphatic rings. The largest absolute Gasteiger partial charge is 0.227 e. The van der Waals surface area contributed by atoms with E-state index in [0.29, 0.717) is 0 Å². The van der Waals surface area contributed by atoms with Crippen molar-refractivity contribution < 1.29 is 0 Å². The summed E-state index contributed by atoms with van der Waals surface area (Å²) in [5.41, 5.74) is 7.63. The molecule has 4 aromatic carbocycles. The Morgan fingerprint density at radius 1 is 0.586 bits per heavy atom. The van der Waals surface area contributed by atoms with Crippen molar-refractivity contribution in [1.29, 1.82) is 0 Å². The van der Waals surface area contributed by atoms with Crippen molar-refractivity contribution in [2.75, 3.05) is 0 Å². The fourth-order valence-electron chi connectivity index (χ4n) is 4.22. The number of fused-ring (bicyclic) bond motifs is 3. The molecule has 0 amide bonds. The van der Waals surface area contributed by atoms with Gasteiger partial charge < -0.3 is 0 Å². The smallest absolute Gasteiger partial charge is 0.160 e. The highest BCUT2D eigenvalue weighted by molar-refractivity contribution is 9.10. The molecule has 1 aromatic heterocycles. The molecule has 0 aliphatic heterocycles. The van der Waals surface area contributed by atoms with Gasteiger partial charge in [-0.25, -0.2) is 9.97 Å². The lowest BCUT2D eigenvalue weighted by Crippen LogP contribution is -1.97. The molecule has 0 radical (unpaired) electrons. The van der Waals surface area contributed by atoms with Crippen LogP contribution >= 0.6 is 15.9 Å². The zero-order valence-corrected chi connectivity index (χ0v) is 17.0. The van der Waals surface area contributed by atoms with Crippen LogP contribution in [0, 0.1) is 0 Å². The van der Waals surface area contributed by atoms with Gasteiger partial charge in [-0.2, -0.15) is 0 Å². The van der Waals surface area contributed by atoms with E-state index in [9.17, 15) is 0 Å². The van der Waals surface area contributed by atoms with Gasteiger partial charge >= 0.3 is 0 Å². The molecule has 0 unspecified atom stereocenters. The Morgan fingerprint density at radius 3 is 2.07 bits per heavy atom. The molecule has 1 aliphatic carbocycles. The maximum Gasteiger partial charge on any atom is 0.160 e. The molecular formula is C26H15BrN2. The van der Waals surface area contributed by atoms with Gasteiger partial charge in [-0.1, -0.05) is 94.8 Å². The van der Waals surface area contributed by atoms with Gasteiger partial charge in [0, 0.05) is 26.7 Å². The fourth-order valence-corrected chi connectivity index (χ4v) is 4.62. The number of benzene rings is 4. The Kier molecular flexibility index (Phi) is 3.65. The molecule has 0 atom stereocenters. The van der Waals surface area contributed by atoms with Crippen LogP contribution in [-0.4, -0.2) is 9.97 Å². The highest BCUT2D eigenvalue weighted by Crippen LogP contribution is 2.50. The molecule has 29 heavy (non-hydrogen) atoms. The summed E-state index contributed by atoms with van der Waals surface area (Å²) in [6.07, 6.45) is 0. The normalized spacial score (nSPS) is 11.6. The van der Waals surface area contributed by atoms with E-state index in [-0.39, 0.29) is 0 Å². The Hall–Kier alpha value is -3.30. The average molecular weight is 435 g/mol. The molecule has 3 heteroatoms. The van der Waals surface area contributed by atoms with E-state index in [1.807, 2.05) is 18.2 Å². The Labute approximate surface area is 177 Å². The first-order valence-electron chi connectivity index (χ1n) is 9.55. The minimum absolute atomic E-state index is 0.744. The summed E-state index contributed by atoms with van der Waals surface area (Å²) in [7, 11) is 0. The van der Waals surface area contributed by atoms with E-state index < -0.39 is 0 Å². The summed E-state index contributed by atoms with van der Waals surface area (Å²) in [6.45, 7) is 0. The summed E-state index contributed by atoms with van der Waals surface area (Å²) < 4.78 is 1.02. The van der Waals surface area contributed by atoms with Gasteiger partial charge in [0.25, 0.3) is 0 Å². The average Bonchev–Trinajstić information content (AvgIpc) is 3.10. The molecule has 5 aromatic rings. The van der Waals surface area contributed by atoms with Crippen molar-refractivity contribution >= 4 is 26.7 Å². The number of hydrogen-bond donors (Lipinski definition) is 0. The molecule has 0 fully saturated rings. The maximum atomic E-state index is 5.06. The minimum atomic E-state index is 0.744. The van der Waals surface area contributed by atoms with Gasteiger partial charge in [0.1, 0.15) is 0 Å². The van der Waals surface area contributed by atoms with Crippen LogP contribution in [0.15, 0.2) is 95.5 Å². The van der Waals surface area contributed by atoms with Gasteiger partial charge in [-0.05, 0) is 28.5 Å². The van der Waals surface area contributed by atoms with Crippen LogP contribution in [0.3, 0.4) is 0 Å². The first kappa shape index (κ1) is 16.6. The van der Waals surface area contributed by atoms with Crippen LogP contribution in [0.25, 0.3) is 55.8 Å². The zero-order chi connectivity index (χ0) is 19.4. The first-order valence-corrected chi connectivity index (χ1v) is 10.3. The van der Waals surface area contributed by atoms with Crippen molar-refractivity contribution in [1.82, 2.24) is 9.97 Å². The summed E-state index contributed by atoms with van der Waals surface area (Å²) in [5.74, 6) is 0.744. The SMILES string of the molecule is Brc1cccc(-c2nc(-c3ccccc3)c3c(n2)-c2cccc4cccc-3c24)c1. The van der Waals surface area contributed by atoms with Gasteiger partial charge in [-0.3, -0.25) is 0 Å². The monoisotopic (exact) mass is 434 g/mol. The lowest BCUT2D eigenvalue weighted by Gasteiger charge is -2.12. The topological polar surface area (TPSA) is 25.8 Å². The molecule has 0 bridgehead atoms. The fraction of sp³-hybridized carbons (Fsp3) is 0. The third-order valence-corrected chi connectivity index (χ3v) is 5.96. The number of halogens is 1. The molecule has 1 heterocycles. The van der Waals surface area contributed by atoms with Crippen molar-refractivity contribution in [2.45, 2.75) is 0 Å². The molecule has 136 valence electrons. The van der Waals surface area contributed by atoms with E-state index in [0.717, 1.165) is 38.4 Å². The Bertz CT molecular complexity index is 1400. The summed E-state index contributed by atoms with van der Waals surface area (Å²) in [4.78, 5) is 10.1. The number of hydrogen-bond acceptors (Lipinski definition) is 2. The molecule has 0 saturated carbocycles. The third-order valence-electron chi connectivity index (χ3n) is 5.47. The van der Waals surface area contributed by atoms with Crippen LogP contribution in [-0.2, 0) is 0 Å². The quantitative estimate of drug-likeness (QED) is 0.284. The number of rotatable bonds is 2. The lowest BCUT2D eigenvalue weighted by molar-refractivity contribution is 1.19. The van der Waals surface area contributed by atoms with Crippen LogP contribution in [0.4, 0.5) is 0 Å². The van der Waals surface area contributed by atoms with E-state index in [2.05, 4.69) is 88.7 Å². The van der Waals surface area contributed by atoms with Crippen LogP contribution in [0.1, 0.15) is 0 Å². The maximum absolute atomic E-state index is 5.06. The Morgan fingerprint density at radius 2 is 1.28 bits per heavy atom. The van der Waals surface area contributed by atoms with Crippen molar-refractivity contribution in [2.24, 2.45) is 0 Å². The molecule has 2 nitrogen and oxygen atoms in total. The predicted octanol–water partition coefficient (Wildman–Crippen LogP) is 7.37. The van der Waals surface area contributed by atoms with Gasteiger partial charge in [0.2, 0.25) is 0 Å². The third kappa shape index (κ3) is 2.55. The minimum Gasteiger partial charge on any atom is -0.227 e. The van der Waals surface area contributed by atoms with E-state index in [1.165, 1.54) is 21.9 Å². The lowest BCUT2D eigenvalue weighted by atomic mass is 9.99. The zero-order valence-electron chi connectivity index (χ0n) is 15.4. The second-order valence-electron chi connectivity index (χ2n) is 7.21. The van der Waals surface area contributed by atoms with E-state index in [1.54, 1.807) is 0 Å². The summed E-state index contributed by atoms with van der Waals surface area (Å²) >= 11 is 3.58. The Balaban J connectivity index is 1.73. The van der Waals surface area contributed by atoms with Crippen molar-refractivity contribution in [3.63, 3.8) is 0 Å².